The van der Waals surface area contributed by atoms with Gasteiger partial charge in [-0.25, -0.2) is 0 Å². The van der Waals surface area contributed by atoms with E-state index in [1.165, 1.54) is 30.3 Å². The van der Waals surface area contributed by atoms with Crippen molar-refractivity contribution >= 4 is 11.0 Å². The molecule has 1 heterocycles. The third-order valence-electron chi connectivity index (χ3n) is 3.56. The van der Waals surface area contributed by atoms with Crippen LogP contribution in [0, 0.1) is 5.92 Å². The molecule has 1 saturated carbocycles. The van der Waals surface area contributed by atoms with Gasteiger partial charge in [0.05, 0.1) is 13.4 Å². The molecular formula is C15H19NO2. The van der Waals surface area contributed by atoms with Gasteiger partial charge in [0.15, 0.2) is 11.3 Å². The van der Waals surface area contributed by atoms with E-state index in [-0.39, 0.29) is 0 Å². The lowest BCUT2D eigenvalue weighted by atomic mass is 10.1. The maximum absolute atomic E-state index is 5.61. The number of benzene rings is 1. The predicted octanol–water partition coefficient (Wildman–Crippen LogP) is 2.98. The summed E-state index contributed by atoms with van der Waals surface area (Å²) in [5.74, 6) is 1.75. The van der Waals surface area contributed by atoms with Gasteiger partial charge in [0.2, 0.25) is 0 Å². The van der Waals surface area contributed by atoms with Crippen molar-refractivity contribution in [2.45, 2.75) is 19.3 Å². The second kappa shape index (κ2) is 5.02. The van der Waals surface area contributed by atoms with E-state index in [2.05, 4.69) is 11.4 Å². The first kappa shape index (κ1) is 11.6. The number of para-hydroxylation sites is 1. The first-order valence-electron chi connectivity index (χ1n) is 6.62. The van der Waals surface area contributed by atoms with Crippen LogP contribution in [-0.4, -0.2) is 20.2 Å². The highest BCUT2D eigenvalue weighted by atomic mass is 16.5. The third-order valence-corrected chi connectivity index (χ3v) is 3.56. The summed E-state index contributed by atoms with van der Waals surface area (Å²) >= 11 is 0. The molecule has 18 heavy (non-hydrogen) atoms. The second-order valence-electron chi connectivity index (χ2n) is 5.00. The first-order valence-corrected chi connectivity index (χ1v) is 6.62. The highest BCUT2D eigenvalue weighted by Crippen LogP contribution is 2.30. The van der Waals surface area contributed by atoms with Crippen LogP contribution in [0.2, 0.25) is 0 Å². The molecule has 1 aromatic carbocycles. The first-order chi connectivity index (χ1) is 8.88. The van der Waals surface area contributed by atoms with Gasteiger partial charge < -0.3 is 14.5 Å². The summed E-state index contributed by atoms with van der Waals surface area (Å²) in [7, 11) is 1.67. The van der Waals surface area contributed by atoms with Crippen molar-refractivity contribution in [3.63, 3.8) is 0 Å². The summed E-state index contributed by atoms with van der Waals surface area (Å²) in [5.41, 5.74) is 2.12. The standard InChI is InChI=1S/C15H19NO2/c1-17-14-4-2-3-13-12(10-18-15(13)14)7-8-16-9-11-5-6-11/h2-4,10-11,16H,5-9H2,1H3. The van der Waals surface area contributed by atoms with Crippen LogP contribution in [0.25, 0.3) is 11.0 Å². The van der Waals surface area contributed by atoms with E-state index in [0.717, 1.165) is 30.2 Å². The lowest BCUT2D eigenvalue weighted by molar-refractivity contribution is 0.410. The van der Waals surface area contributed by atoms with Crippen LogP contribution in [0.5, 0.6) is 5.75 Å². The van der Waals surface area contributed by atoms with Gasteiger partial charge in [-0.3, -0.25) is 0 Å². The van der Waals surface area contributed by atoms with E-state index in [1.54, 1.807) is 7.11 Å². The molecule has 0 radical (unpaired) electrons. The van der Waals surface area contributed by atoms with E-state index in [9.17, 15) is 0 Å². The summed E-state index contributed by atoms with van der Waals surface area (Å²) < 4.78 is 10.9. The Bertz CT molecular complexity index is 528. The fourth-order valence-corrected chi connectivity index (χ4v) is 2.29. The number of hydrogen-bond acceptors (Lipinski definition) is 3. The molecule has 1 aliphatic carbocycles. The zero-order valence-corrected chi connectivity index (χ0v) is 10.7. The van der Waals surface area contributed by atoms with E-state index in [4.69, 9.17) is 9.15 Å². The zero-order valence-electron chi connectivity index (χ0n) is 10.7. The molecule has 2 aromatic rings. The summed E-state index contributed by atoms with van der Waals surface area (Å²) in [4.78, 5) is 0. The molecule has 0 bridgehead atoms. The molecule has 0 atom stereocenters. The van der Waals surface area contributed by atoms with Crippen LogP contribution in [0.1, 0.15) is 18.4 Å². The Balaban J connectivity index is 1.67. The highest BCUT2D eigenvalue weighted by molar-refractivity contribution is 5.86. The van der Waals surface area contributed by atoms with Crippen LogP contribution in [0.4, 0.5) is 0 Å². The molecule has 0 amide bonds. The summed E-state index contributed by atoms with van der Waals surface area (Å²) in [6.45, 7) is 2.18. The Labute approximate surface area is 107 Å². The van der Waals surface area contributed by atoms with Crippen LogP contribution >= 0.6 is 0 Å². The van der Waals surface area contributed by atoms with Crippen molar-refractivity contribution in [2.24, 2.45) is 5.92 Å². The SMILES string of the molecule is COc1cccc2c(CCNCC3CC3)coc12. The second-order valence-corrected chi connectivity index (χ2v) is 5.00. The van der Waals surface area contributed by atoms with Crippen molar-refractivity contribution in [3.8, 4) is 5.75 Å². The van der Waals surface area contributed by atoms with Crippen LogP contribution < -0.4 is 10.1 Å². The topological polar surface area (TPSA) is 34.4 Å². The van der Waals surface area contributed by atoms with Gasteiger partial charge in [-0.05, 0) is 49.9 Å². The van der Waals surface area contributed by atoms with Gasteiger partial charge in [-0.1, -0.05) is 12.1 Å². The van der Waals surface area contributed by atoms with Crippen molar-refractivity contribution in [1.82, 2.24) is 5.32 Å². The number of fused-ring (bicyclic) bond motifs is 1. The highest BCUT2D eigenvalue weighted by Gasteiger charge is 2.20. The molecular weight excluding hydrogens is 226 g/mol. The number of rotatable bonds is 6. The van der Waals surface area contributed by atoms with E-state index in [1.807, 2.05) is 18.4 Å². The fraction of sp³-hybridized carbons (Fsp3) is 0.467. The molecule has 1 N–H and O–H groups in total. The number of ether oxygens (including phenoxy) is 1. The van der Waals surface area contributed by atoms with Gasteiger partial charge in [-0.15, -0.1) is 0 Å². The Morgan fingerprint density at radius 3 is 3.06 bits per heavy atom. The van der Waals surface area contributed by atoms with Gasteiger partial charge in [0.1, 0.15) is 0 Å². The zero-order chi connectivity index (χ0) is 12.4. The summed E-state index contributed by atoms with van der Waals surface area (Å²) in [6, 6.07) is 6.04. The Morgan fingerprint density at radius 2 is 2.28 bits per heavy atom. The quantitative estimate of drug-likeness (QED) is 0.794. The monoisotopic (exact) mass is 245 g/mol. The molecule has 3 rings (SSSR count). The number of nitrogens with one attached hydrogen (secondary N) is 1. The Kier molecular flexibility index (Phi) is 3.24. The normalized spacial score (nSPS) is 15.2. The largest absolute Gasteiger partial charge is 0.493 e. The van der Waals surface area contributed by atoms with Gasteiger partial charge >= 0.3 is 0 Å². The Hall–Kier alpha value is -1.48. The molecule has 1 fully saturated rings. The van der Waals surface area contributed by atoms with Crippen molar-refractivity contribution in [3.05, 3.63) is 30.0 Å². The third kappa shape index (κ3) is 2.36. The fourth-order valence-electron chi connectivity index (χ4n) is 2.29. The average Bonchev–Trinajstić information content (AvgIpc) is 3.14. The molecule has 1 aromatic heterocycles. The lowest BCUT2D eigenvalue weighted by Crippen LogP contribution is -2.19. The smallest absolute Gasteiger partial charge is 0.175 e. The molecule has 0 aliphatic heterocycles. The number of methoxy groups -OCH3 is 1. The van der Waals surface area contributed by atoms with Crippen molar-refractivity contribution in [1.29, 1.82) is 0 Å². The molecule has 0 unspecified atom stereocenters. The van der Waals surface area contributed by atoms with E-state index < -0.39 is 0 Å². The van der Waals surface area contributed by atoms with E-state index >= 15 is 0 Å². The maximum atomic E-state index is 5.61. The molecule has 0 spiro atoms. The minimum atomic E-state index is 0.810. The number of furan rings is 1. The van der Waals surface area contributed by atoms with Gasteiger partial charge in [0, 0.05) is 5.39 Å². The lowest BCUT2D eigenvalue weighted by Gasteiger charge is -2.03. The predicted molar refractivity (Wildman–Crippen MR) is 72.1 cm³/mol. The molecule has 1 aliphatic rings. The van der Waals surface area contributed by atoms with E-state index in [0.29, 0.717) is 0 Å². The Morgan fingerprint density at radius 1 is 1.39 bits per heavy atom. The molecule has 0 saturated heterocycles. The van der Waals surface area contributed by atoms with Gasteiger partial charge in [-0.2, -0.15) is 0 Å². The van der Waals surface area contributed by atoms with Crippen LogP contribution in [-0.2, 0) is 6.42 Å². The van der Waals surface area contributed by atoms with Crippen LogP contribution in [0.15, 0.2) is 28.9 Å². The summed E-state index contributed by atoms with van der Waals surface area (Å²) in [5, 5.41) is 4.68. The molecule has 3 heteroatoms. The average molecular weight is 245 g/mol. The van der Waals surface area contributed by atoms with Crippen molar-refractivity contribution in [2.75, 3.05) is 20.2 Å². The minimum Gasteiger partial charge on any atom is -0.493 e. The molecule has 96 valence electrons. The maximum Gasteiger partial charge on any atom is 0.175 e. The summed E-state index contributed by atoms with van der Waals surface area (Å²) in [6.07, 6.45) is 5.66. The van der Waals surface area contributed by atoms with Crippen LogP contribution in [0.3, 0.4) is 0 Å². The van der Waals surface area contributed by atoms with Crippen molar-refractivity contribution < 1.29 is 9.15 Å². The molecule has 3 nitrogen and oxygen atoms in total. The van der Waals surface area contributed by atoms with Gasteiger partial charge in [0.25, 0.3) is 0 Å². The number of hydrogen-bond donors (Lipinski definition) is 1. The minimum absolute atomic E-state index is 0.810.